The maximum atomic E-state index is 16.8. The number of hydrogen-bond acceptors (Lipinski definition) is 8. The van der Waals surface area contributed by atoms with Gasteiger partial charge in [0.25, 0.3) is 0 Å². The fourth-order valence-electron chi connectivity index (χ4n) is 7.38. The second kappa shape index (κ2) is 11.5. The number of nitrogens with one attached hydrogen (secondary N) is 1. The Hall–Kier alpha value is -4.07. The summed E-state index contributed by atoms with van der Waals surface area (Å²) in [5, 5.41) is 15.4. The van der Waals surface area contributed by atoms with Crippen LogP contribution in [0.15, 0.2) is 30.5 Å². The highest BCUT2D eigenvalue weighted by atomic mass is 19.1. The highest BCUT2D eigenvalue weighted by Crippen LogP contribution is 2.45. The van der Waals surface area contributed by atoms with E-state index in [4.69, 9.17) is 20.9 Å². The lowest BCUT2D eigenvalue weighted by atomic mass is 9.76. The minimum absolute atomic E-state index is 0.000183. The number of aromatic hydroxyl groups is 1. The van der Waals surface area contributed by atoms with Crippen molar-refractivity contribution in [3.8, 4) is 35.4 Å². The second-order valence-electron chi connectivity index (χ2n) is 12.3. The molecule has 8 nitrogen and oxygen atoms in total. The molecule has 3 unspecified atom stereocenters. The molecule has 228 valence electrons. The smallest absolute Gasteiger partial charge is 0.319 e. The van der Waals surface area contributed by atoms with Gasteiger partial charge >= 0.3 is 6.01 Å². The SMILES string of the molecule is C#Cc1c(F)ccc2cc(O)cc(-c3ncc4c(N5CCCOC(C)C5)nc(OCC56CCCNC5CCC6)nc4c3F)c12. The summed E-state index contributed by atoms with van der Waals surface area (Å²) in [5.41, 5.74) is 0.0723. The van der Waals surface area contributed by atoms with Gasteiger partial charge < -0.3 is 24.8 Å². The number of aromatic nitrogens is 3. The quantitative estimate of drug-likeness (QED) is 0.281. The van der Waals surface area contributed by atoms with Gasteiger partial charge in [-0.15, -0.1) is 6.42 Å². The summed E-state index contributed by atoms with van der Waals surface area (Å²) in [6.07, 6.45) is 13.4. The summed E-state index contributed by atoms with van der Waals surface area (Å²) in [7, 11) is 0. The first-order chi connectivity index (χ1) is 21.4. The van der Waals surface area contributed by atoms with E-state index in [9.17, 15) is 9.50 Å². The normalized spacial score (nSPS) is 23.8. The number of ether oxygens (including phenoxy) is 2. The Balaban J connectivity index is 1.38. The first kappa shape index (κ1) is 28.7. The summed E-state index contributed by atoms with van der Waals surface area (Å²) >= 11 is 0. The largest absolute Gasteiger partial charge is 0.508 e. The number of hydrogen-bond donors (Lipinski definition) is 2. The molecule has 2 aromatic heterocycles. The molecule has 2 N–H and O–H groups in total. The van der Waals surface area contributed by atoms with Gasteiger partial charge in [-0.2, -0.15) is 9.97 Å². The van der Waals surface area contributed by atoms with Crippen molar-refractivity contribution in [1.82, 2.24) is 20.3 Å². The van der Waals surface area contributed by atoms with Crippen LogP contribution >= 0.6 is 0 Å². The Labute approximate surface area is 254 Å². The van der Waals surface area contributed by atoms with Crippen molar-refractivity contribution in [2.24, 2.45) is 5.41 Å². The molecule has 10 heteroatoms. The van der Waals surface area contributed by atoms with E-state index >= 15 is 4.39 Å². The van der Waals surface area contributed by atoms with Crippen molar-refractivity contribution in [1.29, 1.82) is 0 Å². The Morgan fingerprint density at radius 2 is 2.07 bits per heavy atom. The standard InChI is InChI=1S/C34H35F2N5O3/c1-3-23-26(35)9-8-21-15-22(42)16-24(28(21)23)30-29(36)31-25(17-38-30)32(41-13-6-14-43-20(2)18-41)40-33(39-31)44-19-34-10-4-7-27(34)37-12-5-11-34/h1,8-9,15-17,20,27,37,42H,4-7,10-14,18-19H2,2H3. The van der Waals surface area contributed by atoms with Gasteiger partial charge in [0.15, 0.2) is 5.82 Å². The van der Waals surface area contributed by atoms with Crippen LogP contribution in [-0.2, 0) is 4.74 Å². The van der Waals surface area contributed by atoms with Gasteiger partial charge in [0.2, 0.25) is 0 Å². The van der Waals surface area contributed by atoms with Gasteiger partial charge in [-0.25, -0.2) is 8.78 Å². The Kier molecular flexibility index (Phi) is 7.47. The molecule has 2 saturated heterocycles. The maximum Gasteiger partial charge on any atom is 0.319 e. The topological polar surface area (TPSA) is 92.6 Å². The fourth-order valence-corrected chi connectivity index (χ4v) is 7.38. The first-order valence-corrected chi connectivity index (χ1v) is 15.4. The van der Waals surface area contributed by atoms with E-state index in [1.54, 1.807) is 0 Å². The van der Waals surface area contributed by atoms with Crippen LogP contribution in [0.1, 0.15) is 51.0 Å². The molecule has 2 aliphatic heterocycles. The van der Waals surface area contributed by atoms with Crippen LogP contribution in [-0.4, -0.2) is 65.1 Å². The highest BCUT2D eigenvalue weighted by Gasteiger charge is 2.45. The van der Waals surface area contributed by atoms with Gasteiger partial charge in [0, 0.05) is 48.3 Å². The van der Waals surface area contributed by atoms with E-state index in [0.717, 1.165) is 45.1 Å². The molecule has 0 bridgehead atoms. The van der Waals surface area contributed by atoms with Crippen molar-refractivity contribution in [2.45, 2.75) is 57.6 Å². The first-order valence-electron chi connectivity index (χ1n) is 15.4. The number of halogens is 2. The van der Waals surface area contributed by atoms with Crippen LogP contribution in [0, 0.1) is 29.4 Å². The molecule has 4 heterocycles. The third-order valence-electron chi connectivity index (χ3n) is 9.48. The average Bonchev–Trinajstić information content (AvgIpc) is 3.33. The zero-order chi connectivity index (χ0) is 30.4. The van der Waals surface area contributed by atoms with Crippen molar-refractivity contribution < 1.29 is 23.4 Å². The summed E-state index contributed by atoms with van der Waals surface area (Å²) in [6.45, 7) is 5.30. The van der Waals surface area contributed by atoms with Crippen molar-refractivity contribution >= 4 is 27.5 Å². The Morgan fingerprint density at radius 1 is 1.20 bits per heavy atom. The fraction of sp³-hybridized carbons (Fsp3) is 0.441. The van der Waals surface area contributed by atoms with E-state index in [0.29, 0.717) is 48.9 Å². The Morgan fingerprint density at radius 3 is 2.93 bits per heavy atom. The third-order valence-corrected chi connectivity index (χ3v) is 9.48. The van der Waals surface area contributed by atoms with Crippen LogP contribution in [0.3, 0.4) is 0 Å². The van der Waals surface area contributed by atoms with Crippen LogP contribution < -0.4 is 15.0 Å². The summed E-state index contributed by atoms with van der Waals surface area (Å²) < 4.78 is 43.8. The average molecular weight is 600 g/mol. The number of pyridine rings is 1. The molecule has 0 spiro atoms. The minimum Gasteiger partial charge on any atom is -0.508 e. The number of phenolic OH excluding ortho intramolecular Hbond substituents is 1. The predicted octanol–water partition coefficient (Wildman–Crippen LogP) is 5.73. The molecule has 3 atom stereocenters. The number of anilines is 1. The highest BCUT2D eigenvalue weighted by molar-refractivity contribution is 6.03. The third kappa shape index (κ3) is 4.98. The lowest BCUT2D eigenvalue weighted by Crippen LogP contribution is -2.49. The number of terminal acetylenes is 1. The molecule has 3 aliphatic rings. The van der Waals surface area contributed by atoms with E-state index in [1.807, 2.05) is 6.92 Å². The van der Waals surface area contributed by atoms with E-state index in [2.05, 4.69) is 26.1 Å². The summed E-state index contributed by atoms with van der Waals surface area (Å²) in [4.78, 5) is 16.0. The molecule has 44 heavy (non-hydrogen) atoms. The van der Waals surface area contributed by atoms with E-state index in [1.165, 1.54) is 30.5 Å². The number of benzene rings is 2. The number of fused-ring (bicyclic) bond motifs is 3. The molecule has 0 amide bonds. The predicted molar refractivity (Wildman–Crippen MR) is 165 cm³/mol. The monoisotopic (exact) mass is 599 g/mol. The van der Waals surface area contributed by atoms with E-state index in [-0.39, 0.29) is 51.0 Å². The van der Waals surface area contributed by atoms with Gasteiger partial charge in [0.1, 0.15) is 28.6 Å². The molecule has 3 fully saturated rings. The molecule has 7 rings (SSSR count). The van der Waals surface area contributed by atoms with Gasteiger partial charge in [0.05, 0.1) is 23.7 Å². The van der Waals surface area contributed by atoms with Crippen molar-refractivity contribution in [2.75, 3.05) is 37.7 Å². The van der Waals surface area contributed by atoms with Crippen molar-refractivity contribution in [3.05, 3.63) is 47.7 Å². The van der Waals surface area contributed by atoms with Crippen LogP contribution in [0.4, 0.5) is 14.6 Å². The zero-order valence-corrected chi connectivity index (χ0v) is 24.7. The zero-order valence-electron chi connectivity index (χ0n) is 24.7. The minimum atomic E-state index is -0.731. The maximum absolute atomic E-state index is 16.8. The van der Waals surface area contributed by atoms with Gasteiger partial charge in [-0.1, -0.05) is 18.4 Å². The molecular formula is C34H35F2N5O3. The van der Waals surface area contributed by atoms with Crippen LogP contribution in [0.2, 0.25) is 0 Å². The lowest BCUT2D eigenvalue weighted by molar-refractivity contribution is 0.0795. The van der Waals surface area contributed by atoms with E-state index < -0.39 is 11.6 Å². The summed E-state index contributed by atoms with van der Waals surface area (Å²) in [5.74, 6) is 1.44. The summed E-state index contributed by atoms with van der Waals surface area (Å²) in [6, 6.07) is 6.03. The molecule has 1 saturated carbocycles. The number of nitrogens with zero attached hydrogens (tertiary/aromatic N) is 4. The van der Waals surface area contributed by atoms with Crippen LogP contribution in [0.25, 0.3) is 32.9 Å². The second-order valence-corrected chi connectivity index (χ2v) is 12.3. The lowest BCUT2D eigenvalue weighted by Gasteiger charge is -2.39. The Bertz CT molecular complexity index is 1790. The number of phenols is 1. The molecule has 1 aliphatic carbocycles. The molecule has 4 aromatic rings. The molecule has 0 radical (unpaired) electrons. The molecule has 2 aromatic carbocycles. The molecular weight excluding hydrogens is 564 g/mol. The van der Waals surface area contributed by atoms with Crippen LogP contribution in [0.5, 0.6) is 11.8 Å². The van der Waals surface area contributed by atoms with Crippen molar-refractivity contribution in [3.63, 3.8) is 0 Å². The van der Waals surface area contributed by atoms with Gasteiger partial charge in [-0.3, -0.25) is 4.98 Å². The number of piperidine rings is 1. The van der Waals surface area contributed by atoms with Gasteiger partial charge in [-0.05, 0) is 69.2 Å². The number of rotatable bonds is 5.